The lowest BCUT2D eigenvalue weighted by molar-refractivity contribution is 0.250. The number of nitrogens with one attached hydrogen (secondary N) is 2. The van der Waals surface area contributed by atoms with Gasteiger partial charge in [0, 0.05) is 11.5 Å². The molecule has 1 fully saturated rings. The number of carbonyl (C=O) groups excluding carboxylic acids is 1. The molecule has 1 aromatic rings. The molecule has 7 nitrogen and oxygen atoms in total. The van der Waals surface area contributed by atoms with Gasteiger partial charge in [0.05, 0.1) is 24.0 Å². The first kappa shape index (κ1) is 14.1. The summed E-state index contributed by atoms with van der Waals surface area (Å²) in [5, 5.41) is 10.8. The number of carbonyl (C=O) groups is 1. The van der Waals surface area contributed by atoms with Crippen molar-refractivity contribution < 1.29 is 13.2 Å². The lowest BCUT2D eigenvalue weighted by atomic mass is 10.2. The molecule has 2 amide bonds. The van der Waals surface area contributed by atoms with Crippen LogP contribution in [0.5, 0.6) is 0 Å². The van der Waals surface area contributed by atoms with Crippen molar-refractivity contribution in [3.63, 3.8) is 0 Å². The molecule has 1 atom stereocenters. The van der Waals surface area contributed by atoms with Gasteiger partial charge in [0.1, 0.15) is 5.82 Å². The van der Waals surface area contributed by atoms with Crippen molar-refractivity contribution in [2.75, 3.05) is 11.1 Å². The van der Waals surface area contributed by atoms with Crippen molar-refractivity contribution in [2.24, 2.45) is 0 Å². The zero-order chi connectivity index (χ0) is 14.9. The highest BCUT2D eigenvalue weighted by Gasteiger charge is 2.24. The van der Waals surface area contributed by atoms with E-state index in [9.17, 15) is 13.2 Å². The maximum Gasteiger partial charge on any atom is 0.320 e. The fourth-order valence-corrected chi connectivity index (χ4v) is 4.07. The van der Waals surface area contributed by atoms with Crippen LogP contribution in [0.1, 0.15) is 31.7 Å². The molecule has 8 heteroatoms. The standard InChI is InChI=1S/C13H18N4O3S/c18-13(15-10-6-8-21(19,20)9-10)16-12-5-7-14-17(12)11-3-1-2-4-11/h5-8,10-11H,1-4,9H2,(H2,15,16,18)/t10-/m1/s1. The number of sulfone groups is 1. The summed E-state index contributed by atoms with van der Waals surface area (Å²) in [5.74, 6) is 0.562. The van der Waals surface area contributed by atoms with Crippen LogP contribution in [0.25, 0.3) is 0 Å². The van der Waals surface area contributed by atoms with E-state index in [2.05, 4.69) is 15.7 Å². The second-order valence-corrected chi connectivity index (χ2v) is 7.39. The van der Waals surface area contributed by atoms with E-state index in [1.807, 2.05) is 4.68 Å². The summed E-state index contributed by atoms with van der Waals surface area (Å²) in [6, 6.07) is 1.19. The molecule has 0 bridgehead atoms. The third-order valence-corrected chi connectivity index (χ3v) is 5.22. The Morgan fingerprint density at radius 3 is 2.76 bits per heavy atom. The maximum atomic E-state index is 12.0. The smallest absolute Gasteiger partial charge is 0.320 e. The predicted octanol–water partition coefficient (Wildman–Crippen LogP) is 1.43. The second-order valence-electron chi connectivity index (χ2n) is 5.46. The molecule has 21 heavy (non-hydrogen) atoms. The normalized spacial score (nSPS) is 24.3. The number of hydrogen-bond donors (Lipinski definition) is 2. The van der Waals surface area contributed by atoms with Crippen molar-refractivity contribution in [1.82, 2.24) is 15.1 Å². The molecule has 0 aromatic carbocycles. The van der Waals surface area contributed by atoms with Gasteiger partial charge in [-0.05, 0) is 18.9 Å². The SMILES string of the molecule is O=C(Nc1ccnn1C1CCCC1)N[C@@H]1C=CS(=O)(=O)C1. The molecule has 0 radical (unpaired) electrons. The van der Waals surface area contributed by atoms with Crippen LogP contribution in [0.15, 0.2) is 23.7 Å². The number of aromatic nitrogens is 2. The van der Waals surface area contributed by atoms with Crippen LogP contribution >= 0.6 is 0 Å². The van der Waals surface area contributed by atoms with Gasteiger partial charge in [-0.3, -0.25) is 5.32 Å². The van der Waals surface area contributed by atoms with Gasteiger partial charge in [-0.1, -0.05) is 12.8 Å². The molecular formula is C13H18N4O3S. The van der Waals surface area contributed by atoms with E-state index in [0.717, 1.165) is 18.2 Å². The molecule has 3 rings (SSSR count). The van der Waals surface area contributed by atoms with E-state index in [1.165, 1.54) is 18.9 Å². The summed E-state index contributed by atoms with van der Waals surface area (Å²) in [4.78, 5) is 12.0. The highest BCUT2D eigenvalue weighted by molar-refractivity contribution is 7.94. The Morgan fingerprint density at radius 2 is 2.10 bits per heavy atom. The Labute approximate surface area is 123 Å². The van der Waals surface area contributed by atoms with E-state index in [-0.39, 0.29) is 5.75 Å². The molecule has 1 aliphatic heterocycles. The quantitative estimate of drug-likeness (QED) is 0.883. The minimum absolute atomic E-state index is 0.0810. The summed E-state index contributed by atoms with van der Waals surface area (Å²) in [7, 11) is -3.16. The third kappa shape index (κ3) is 3.26. The van der Waals surface area contributed by atoms with Crippen molar-refractivity contribution in [1.29, 1.82) is 0 Å². The molecule has 1 aliphatic carbocycles. The summed E-state index contributed by atoms with van der Waals surface area (Å²) in [6.07, 6.45) is 7.65. The van der Waals surface area contributed by atoms with Gasteiger partial charge in [0.15, 0.2) is 9.84 Å². The van der Waals surface area contributed by atoms with Gasteiger partial charge in [0.25, 0.3) is 0 Å². The molecule has 2 aliphatic rings. The minimum atomic E-state index is -3.16. The number of nitrogens with zero attached hydrogens (tertiary/aromatic N) is 2. The second kappa shape index (κ2) is 5.51. The van der Waals surface area contributed by atoms with Gasteiger partial charge in [0.2, 0.25) is 0 Å². The largest absolute Gasteiger partial charge is 0.331 e. The summed E-state index contributed by atoms with van der Waals surface area (Å²) < 4.78 is 24.4. The number of anilines is 1. The molecular weight excluding hydrogens is 292 g/mol. The highest BCUT2D eigenvalue weighted by atomic mass is 32.2. The first-order valence-corrected chi connectivity index (χ1v) is 8.77. The van der Waals surface area contributed by atoms with E-state index >= 15 is 0 Å². The van der Waals surface area contributed by atoms with Crippen LogP contribution < -0.4 is 10.6 Å². The minimum Gasteiger partial charge on any atom is -0.331 e. The van der Waals surface area contributed by atoms with E-state index in [0.29, 0.717) is 11.9 Å². The number of hydrogen-bond acceptors (Lipinski definition) is 4. The van der Waals surface area contributed by atoms with Crippen LogP contribution in [0.4, 0.5) is 10.6 Å². The molecule has 1 aromatic heterocycles. The average molecular weight is 310 g/mol. The van der Waals surface area contributed by atoms with Crippen LogP contribution in [0.2, 0.25) is 0 Å². The third-order valence-electron chi connectivity index (χ3n) is 3.83. The Kier molecular flexibility index (Phi) is 3.71. The Morgan fingerprint density at radius 1 is 1.33 bits per heavy atom. The molecule has 0 unspecified atom stereocenters. The number of amides is 2. The molecule has 2 N–H and O–H groups in total. The molecule has 0 spiro atoms. The Hall–Kier alpha value is -1.83. The lowest BCUT2D eigenvalue weighted by Crippen LogP contribution is -2.39. The van der Waals surface area contributed by atoms with Crippen LogP contribution in [-0.2, 0) is 9.84 Å². The van der Waals surface area contributed by atoms with Gasteiger partial charge in [-0.2, -0.15) is 5.10 Å². The zero-order valence-corrected chi connectivity index (χ0v) is 12.3. The number of rotatable bonds is 3. The van der Waals surface area contributed by atoms with Gasteiger partial charge in [-0.25, -0.2) is 17.9 Å². The zero-order valence-electron chi connectivity index (χ0n) is 11.5. The molecule has 2 heterocycles. The van der Waals surface area contributed by atoms with E-state index in [1.54, 1.807) is 12.3 Å². The summed E-state index contributed by atoms with van der Waals surface area (Å²) in [6.45, 7) is 0. The van der Waals surface area contributed by atoms with Gasteiger partial charge in [-0.15, -0.1) is 0 Å². The molecule has 0 saturated heterocycles. The fraction of sp³-hybridized carbons (Fsp3) is 0.538. The maximum absolute atomic E-state index is 12.0. The Bertz CT molecular complexity index is 659. The monoisotopic (exact) mass is 310 g/mol. The van der Waals surface area contributed by atoms with Gasteiger partial charge < -0.3 is 5.32 Å². The lowest BCUT2D eigenvalue weighted by Gasteiger charge is -2.16. The van der Waals surface area contributed by atoms with Crippen molar-refractivity contribution in [3.8, 4) is 0 Å². The molecule has 1 saturated carbocycles. The van der Waals surface area contributed by atoms with Crippen molar-refractivity contribution in [3.05, 3.63) is 23.7 Å². The van der Waals surface area contributed by atoms with Crippen LogP contribution in [0.3, 0.4) is 0 Å². The first-order valence-electron chi connectivity index (χ1n) is 7.05. The van der Waals surface area contributed by atoms with Gasteiger partial charge >= 0.3 is 6.03 Å². The highest BCUT2D eigenvalue weighted by Crippen LogP contribution is 2.31. The van der Waals surface area contributed by atoms with Crippen molar-refractivity contribution in [2.45, 2.75) is 37.8 Å². The average Bonchev–Trinajstić information content (AvgIpc) is 3.09. The summed E-state index contributed by atoms with van der Waals surface area (Å²) >= 11 is 0. The van der Waals surface area contributed by atoms with E-state index in [4.69, 9.17) is 0 Å². The molecule has 114 valence electrons. The number of urea groups is 1. The predicted molar refractivity (Wildman–Crippen MR) is 78.6 cm³/mol. The fourth-order valence-electron chi connectivity index (χ4n) is 2.84. The van der Waals surface area contributed by atoms with E-state index < -0.39 is 21.9 Å². The van der Waals surface area contributed by atoms with Crippen LogP contribution in [-0.4, -0.2) is 36.0 Å². The first-order chi connectivity index (χ1) is 10.0. The summed E-state index contributed by atoms with van der Waals surface area (Å²) in [5.41, 5.74) is 0. The van der Waals surface area contributed by atoms with Crippen molar-refractivity contribution >= 4 is 21.7 Å². The van der Waals surface area contributed by atoms with Crippen LogP contribution in [0, 0.1) is 0 Å². The topological polar surface area (TPSA) is 93.1 Å². The Balaban J connectivity index is 1.61.